The van der Waals surface area contributed by atoms with Crippen LogP contribution in [0.1, 0.15) is 21.7 Å². The van der Waals surface area contributed by atoms with Crippen LogP contribution in [-0.2, 0) is 6.54 Å². The van der Waals surface area contributed by atoms with Crippen molar-refractivity contribution < 1.29 is 4.79 Å². The van der Waals surface area contributed by atoms with E-state index in [1.54, 1.807) is 12.4 Å². The van der Waals surface area contributed by atoms with Gasteiger partial charge in [-0.15, -0.1) is 16.8 Å². The van der Waals surface area contributed by atoms with Gasteiger partial charge in [0.15, 0.2) is 16.8 Å². The van der Waals surface area contributed by atoms with E-state index in [0.717, 1.165) is 28.2 Å². The van der Waals surface area contributed by atoms with Gasteiger partial charge in [0, 0.05) is 47.1 Å². The highest BCUT2D eigenvalue weighted by Gasteiger charge is 2.20. The van der Waals surface area contributed by atoms with Crippen LogP contribution in [0, 0.1) is 13.8 Å². The number of carbonyl (C=O) groups is 1. The molecule has 0 radical (unpaired) electrons. The van der Waals surface area contributed by atoms with Crippen molar-refractivity contribution in [2.45, 2.75) is 25.5 Å². The molecule has 0 unspecified atom stereocenters. The number of aromatic nitrogens is 5. The van der Waals surface area contributed by atoms with Gasteiger partial charge in [-0.25, -0.2) is 0 Å². The number of hydrogen-bond acceptors (Lipinski definition) is 5. The summed E-state index contributed by atoms with van der Waals surface area (Å²) in [5.41, 5.74) is 4.62. The van der Waals surface area contributed by atoms with Crippen LogP contribution in [0.3, 0.4) is 0 Å². The molecule has 0 saturated heterocycles. The number of benzene rings is 1. The summed E-state index contributed by atoms with van der Waals surface area (Å²) in [6.45, 7) is 8.47. The number of thioether (sulfide) groups is 1. The lowest BCUT2D eigenvalue weighted by Crippen LogP contribution is -2.07. The fourth-order valence-corrected chi connectivity index (χ4v) is 4.40. The number of para-hydroxylation sites is 1. The predicted molar refractivity (Wildman–Crippen MR) is 124 cm³/mol. The van der Waals surface area contributed by atoms with Gasteiger partial charge in [-0.1, -0.05) is 36.0 Å². The van der Waals surface area contributed by atoms with Crippen molar-refractivity contribution in [2.75, 3.05) is 5.75 Å². The van der Waals surface area contributed by atoms with Gasteiger partial charge in [-0.3, -0.25) is 14.3 Å². The van der Waals surface area contributed by atoms with Gasteiger partial charge in [0.2, 0.25) is 0 Å². The van der Waals surface area contributed by atoms with Crippen LogP contribution >= 0.6 is 11.8 Å². The Labute approximate surface area is 185 Å². The van der Waals surface area contributed by atoms with Gasteiger partial charge in [0.25, 0.3) is 0 Å². The normalized spacial score (nSPS) is 10.9. The van der Waals surface area contributed by atoms with Crippen LogP contribution < -0.4 is 0 Å². The zero-order chi connectivity index (χ0) is 21.8. The van der Waals surface area contributed by atoms with Crippen LogP contribution in [-0.4, -0.2) is 35.9 Å². The first-order valence-electron chi connectivity index (χ1n) is 9.95. The van der Waals surface area contributed by atoms with E-state index in [0.29, 0.717) is 17.5 Å². The van der Waals surface area contributed by atoms with Gasteiger partial charge in [-0.2, -0.15) is 0 Å². The molecule has 3 heterocycles. The number of allylic oxidation sites excluding steroid dienone is 1. The van der Waals surface area contributed by atoms with Crippen LogP contribution in [0.25, 0.3) is 17.1 Å². The Morgan fingerprint density at radius 1 is 1.10 bits per heavy atom. The highest BCUT2D eigenvalue weighted by atomic mass is 32.2. The number of pyridine rings is 1. The Bertz CT molecular complexity index is 1210. The fraction of sp³-hybridized carbons (Fsp3) is 0.167. The predicted octanol–water partition coefficient (Wildman–Crippen LogP) is 4.91. The molecule has 4 rings (SSSR count). The maximum Gasteiger partial charge on any atom is 0.196 e. The number of carbonyl (C=O) groups excluding carboxylic acids is 1. The summed E-state index contributed by atoms with van der Waals surface area (Å²) in [5, 5.41) is 9.48. The van der Waals surface area contributed by atoms with Crippen molar-refractivity contribution in [2.24, 2.45) is 0 Å². The monoisotopic (exact) mass is 429 g/mol. The molecule has 0 saturated carbocycles. The Morgan fingerprint density at radius 3 is 2.55 bits per heavy atom. The number of aryl methyl sites for hydroxylation is 1. The molecular formula is C24H23N5OS. The second-order valence-electron chi connectivity index (χ2n) is 7.11. The molecule has 31 heavy (non-hydrogen) atoms. The van der Waals surface area contributed by atoms with E-state index in [4.69, 9.17) is 0 Å². The summed E-state index contributed by atoms with van der Waals surface area (Å²) in [4.78, 5) is 17.1. The first kappa shape index (κ1) is 20.8. The highest BCUT2D eigenvalue weighted by Crippen LogP contribution is 2.28. The molecule has 0 aliphatic heterocycles. The van der Waals surface area contributed by atoms with Gasteiger partial charge < -0.3 is 4.57 Å². The van der Waals surface area contributed by atoms with Crippen LogP contribution in [0.15, 0.2) is 78.7 Å². The van der Waals surface area contributed by atoms with Crippen LogP contribution in [0.4, 0.5) is 0 Å². The molecule has 1 aromatic carbocycles. The highest BCUT2D eigenvalue weighted by molar-refractivity contribution is 7.99. The van der Waals surface area contributed by atoms with Crippen molar-refractivity contribution in [3.8, 4) is 17.1 Å². The molecule has 0 fully saturated rings. The molecule has 0 aliphatic rings. The first-order valence-corrected chi connectivity index (χ1v) is 10.9. The minimum Gasteiger partial charge on any atom is -0.345 e. The van der Waals surface area contributed by atoms with Crippen molar-refractivity contribution in [1.29, 1.82) is 0 Å². The minimum atomic E-state index is 0.0708. The number of Topliss-reactive ketones (excluding diaryl/α,β-unsaturated/α-hetero) is 1. The maximum atomic E-state index is 13.0. The van der Waals surface area contributed by atoms with E-state index >= 15 is 0 Å². The summed E-state index contributed by atoms with van der Waals surface area (Å²) in [5.74, 6) is 1.06. The van der Waals surface area contributed by atoms with Crippen LogP contribution in [0.5, 0.6) is 0 Å². The fourth-order valence-electron chi connectivity index (χ4n) is 3.56. The third kappa shape index (κ3) is 4.22. The largest absolute Gasteiger partial charge is 0.345 e. The molecule has 3 aromatic heterocycles. The molecule has 6 nitrogen and oxygen atoms in total. The standard InChI is InChI=1S/C24H23N5OS/c1-4-14-28-17(2)15-21(18(28)3)22(30)16-31-24-27-26-23(19-10-12-25-13-11-19)29(24)20-8-6-5-7-9-20/h4-13,15H,1,14,16H2,2-3H3. The smallest absolute Gasteiger partial charge is 0.196 e. The first-order chi connectivity index (χ1) is 15.1. The van der Waals surface area contributed by atoms with Gasteiger partial charge >= 0.3 is 0 Å². The lowest BCUT2D eigenvalue weighted by atomic mass is 10.2. The molecular weight excluding hydrogens is 406 g/mol. The maximum absolute atomic E-state index is 13.0. The van der Waals surface area contributed by atoms with Crippen molar-refractivity contribution in [3.05, 3.63) is 90.5 Å². The zero-order valence-corrected chi connectivity index (χ0v) is 18.3. The van der Waals surface area contributed by atoms with E-state index < -0.39 is 0 Å². The third-order valence-corrected chi connectivity index (χ3v) is 6.03. The molecule has 156 valence electrons. The Kier molecular flexibility index (Phi) is 6.13. The summed E-state index contributed by atoms with van der Waals surface area (Å²) in [6, 6.07) is 15.7. The molecule has 0 amide bonds. The average Bonchev–Trinajstić information content (AvgIpc) is 3.35. The quantitative estimate of drug-likeness (QED) is 0.226. The molecule has 0 spiro atoms. The average molecular weight is 430 g/mol. The number of ketones is 1. The summed E-state index contributed by atoms with van der Waals surface area (Å²) in [6.07, 6.45) is 5.30. The van der Waals surface area contributed by atoms with Crippen molar-refractivity contribution >= 4 is 17.5 Å². The van der Waals surface area contributed by atoms with E-state index in [1.807, 2.05) is 73.0 Å². The molecule has 0 aliphatic carbocycles. The van der Waals surface area contributed by atoms with Gasteiger partial charge in [0.1, 0.15) is 0 Å². The van der Waals surface area contributed by atoms with E-state index in [2.05, 4.69) is 26.3 Å². The topological polar surface area (TPSA) is 65.6 Å². The Hall–Kier alpha value is -3.45. The van der Waals surface area contributed by atoms with E-state index in [-0.39, 0.29) is 11.5 Å². The molecule has 0 atom stereocenters. The number of hydrogen-bond donors (Lipinski definition) is 0. The lowest BCUT2D eigenvalue weighted by molar-refractivity contribution is 0.102. The molecule has 4 aromatic rings. The van der Waals surface area contributed by atoms with Crippen molar-refractivity contribution in [3.63, 3.8) is 0 Å². The molecule has 0 N–H and O–H groups in total. The second-order valence-corrected chi connectivity index (χ2v) is 8.05. The number of nitrogens with zero attached hydrogens (tertiary/aromatic N) is 5. The van der Waals surface area contributed by atoms with Gasteiger partial charge in [0.05, 0.1) is 5.75 Å². The third-order valence-electron chi connectivity index (χ3n) is 5.10. The summed E-state index contributed by atoms with van der Waals surface area (Å²) >= 11 is 1.39. The summed E-state index contributed by atoms with van der Waals surface area (Å²) in [7, 11) is 0. The number of rotatable bonds is 8. The SMILES string of the molecule is C=CCn1c(C)cc(C(=O)CSc2nnc(-c3ccncc3)n2-c2ccccc2)c1C. The van der Waals surface area contributed by atoms with Crippen LogP contribution in [0.2, 0.25) is 0 Å². The van der Waals surface area contributed by atoms with Crippen molar-refractivity contribution in [1.82, 2.24) is 24.3 Å². The van der Waals surface area contributed by atoms with Gasteiger partial charge in [-0.05, 0) is 44.2 Å². The molecule has 0 bridgehead atoms. The lowest BCUT2D eigenvalue weighted by Gasteiger charge is -2.10. The Morgan fingerprint density at radius 2 is 1.84 bits per heavy atom. The van der Waals surface area contributed by atoms with E-state index in [1.165, 1.54) is 11.8 Å². The molecule has 7 heteroatoms. The second kappa shape index (κ2) is 9.14. The minimum absolute atomic E-state index is 0.0708. The zero-order valence-electron chi connectivity index (χ0n) is 17.5. The van der Waals surface area contributed by atoms with E-state index in [9.17, 15) is 4.79 Å². The Balaban J connectivity index is 1.64. The summed E-state index contributed by atoms with van der Waals surface area (Å²) < 4.78 is 4.08.